The second-order valence-corrected chi connectivity index (χ2v) is 3.95. The van der Waals surface area contributed by atoms with Crippen molar-refractivity contribution in [1.29, 1.82) is 0 Å². The van der Waals surface area contributed by atoms with Crippen molar-refractivity contribution in [2.75, 3.05) is 0 Å². The molecule has 0 bridgehead atoms. The lowest BCUT2D eigenvalue weighted by Crippen LogP contribution is -2.28. The summed E-state index contributed by atoms with van der Waals surface area (Å²) in [6, 6.07) is 4.67. The Hall–Kier alpha value is -0.570. The number of Topliss-reactive ketones (excluding diaryl/α,β-unsaturated/α-hetero) is 1. The third kappa shape index (κ3) is 2.71. The van der Waals surface area contributed by atoms with Crippen molar-refractivity contribution < 1.29 is 4.79 Å². The second kappa shape index (κ2) is 4.78. The van der Waals surface area contributed by atoms with E-state index < -0.39 is 6.04 Å². The fraction of sp³-hybridized carbons (Fsp3) is 0.300. The Kier molecular flexibility index (Phi) is 3.93. The summed E-state index contributed by atoms with van der Waals surface area (Å²) < 4.78 is 0. The van der Waals surface area contributed by atoms with Gasteiger partial charge >= 0.3 is 0 Å². The van der Waals surface area contributed by atoms with Crippen LogP contribution in [-0.4, -0.2) is 11.8 Å². The van der Waals surface area contributed by atoms with E-state index in [0.29, 0.717) is 15.6 Å². The maximum atomic E-state index is 11.4. The minimum atomic E-state index is -0.484. The monoisotopic (exact) mass is 231 g/mol. The first-order chi connectivity index (χ1) is 6.52. The highest BCUT2D eigenvalue weighted by molar-refractivity contribution is 6.36. The lowest BCUT2D eigenvalue weighted by atomic mass is 10.1. The summed E-state index contributed by atoms with van der Waals surface area (Å²) in [5.41, 5.74) is 6.10. The van der Waals surface area contributed by atoms with Crippen LogP contribution in [-0.2, 0) is 11.2 Å². The molecule has 1 unspecified atom stereocenters. The number of hydrogen-bond donors (Lipinski definition) is 1. The SMILES string of the molecule is CC(N)C(=O)Cc1c(Cl)cccc1Cl. The van der Waals surface area contributed by atoms with Gasteiger partial charge in [0.2, 0.25) is 0 Å². The minimum absolute atomic E-state index is 0.0694. The van der Waals surface area contributed by atoms with Gasteiger partial charge in [0, 0.05) is 16.5 Å². The second-order valence-electron chi connectivity index (χ2n) is 3.13. The van der Waals surface area contributed by atoms with Gasteiger partial charge < -0.3 is 5.73 Å². The Morgan fingerprint density at radius 3 is 2.36 bits per heavy atom. The van der Waals surface area contributed by atoms with Crippen LogP contribution in [0.1, 0.15) is 12.5 Å². The molecule has 4 heteroatoms. The average Bonchev–Trinajstić information content (AvgIpc) is 2.11. The van der Waals surface area contributed by atoms with Crippen LogP contribution < -0.4 is 5.73 Å². The number of benzene rings is 1. The zero-order chi connectivity index (χ0) is 10.7. The zero-order valence-electron chi connectivity index (χ0n) is 7.76. The van der Waals surface area contributed by atoms with E-state index in [1.54, 1.807) is 25.1 Å². The van der Waals surface area contributed by atoms with Gasteiger partial charge in [-0.15, -0.1) is 0 Å². The van der Waals surface area contributed by atoms with Gasteiger partial charge in [0.25, 0.3) is 0 Å². The molecule has 0 aromatic heterocycles. The number of halogens is 2. The molecule has 1 atom stereocenters. The molecule has 0 aliphatic rings. The summed E-state index contributed by atoms with van der Waals surface area (Å²) in [6.07, 6.45) is 0.191. The first kappa shape index (κ1) is 11.5. The molecule has 2 N–H and O–H groups in total. The molecule has 0 radical (unpaired) electrons. The Morgan fingerprint density at radius 2 is 1.93 bits per heavy atom. The quantitative estimate of drug-likeness (QED) is 0.869. The van der Waals surface area contributed by atoms with Crippen molar-refractivity contribution in [3.8, 4) is 0 Å². The maximum absolute atomic E-state index is 11.4. The molecular weight excluding hydrogens is 221 g/mol. The van der Waals surface area contributed by atoms with Gasteiger partial charge in [-0.1, -0.05) is 29.3 Å². The van der Waals surface area contributed by atoms with Crippen molar-refractivity contribution in [2.24, 2.45) is 5.73 Å². The van der Waals surface area contributed by atoms with Gasteiger partial charge in [-0.3, -0.25) is 4.79 Å². The molecule has 0 saturated carbocycles. The van der Waals surface area contributed by atoms with Crippen LogP contribution >= 0.6 is 23.2 Å². The van der Waals surface area contributed by atoms with E-state index in [-0.39, 0.29) is 12.2 Å². The molecule has 0 aliphatic carbocycles. The van der Waals surface area contributed by atoms with E-state index in [9.17, 15) is 4.79 Å². The molecule has 0 amide bonds. The number of rotatable bonds is 3. The summed E-state index contributed by atoms with van der Waals surface area (Å²) in [4.78, 5) is 11.4. The predicted molar refractivity (Wildman–Crippen MR) is 58.8 cm³/mol. The molecule has 0 spiro atoms. The van der Waals surface area contributed by atoms with Gasteiger partial charge in [0.1, 0.15) is 0 Å². The summed E-state index contributed by atoms with van der Waals surface area (Å²) in [5, 5.41) is 1.01. The molecule has 0 heterocycles. The molecule has 1 rings (SSSR count). The van der Waals surface area contributed by atoms with Crippen molar-refractivity contribution in [3.63, 3.8) is 0 Å². The van der Waals surface area contributed by atoms with E-state index in [2.05, 4.69) is 0 Å². The van der Waals surface area contributed by atoms with Crippen molar-refractivity contribution in [2.45, 2.75) is 19.4 Å². The van der Waals surface area contributed by atoms with Crippen molar-refractivity contribution in [3.05, 3.63) is 33.8 Å². The molecule has 76 valence electrons. The molecular formula is C10H11Cl2NO. The first-order valence-electron chi connectivity index (χ1n) is 4.23. The summed E-state index contributed by atoms with van der Waals surface area (Å²) >= 11 is 11.8. The van der Waals surface area contributed by atoms with Crippen LogP contribution in [0.25, 0.3) is 0 Å². The molecule has 0 aliphatic heterocycles. The molecule has 0 saturated heterocycles. The number of hydrogen-bond acceptors (Lipinski definition) is 2. The molecule has 1 aromatic carbocycles. The zero-order valence-corrected chi connectivity index (χ0v) is 9.27. The normalized spacial score (nSPS) is 12.6. The lowest BCUT2D eigenvalue weighted by molar-refractivity contribution is -0.119. The smallest absolute Gasteiger partial charge is 0.153 e. The third-order valence-corrected chi connectivity index (χ3v) is 2.63. The Balaban J connectivity index is 2.91. The highest BCUT2D eigenvalue weighted by Crippen LogP contribution is 2.24. The van der Waals surface area contributed by atoms with Crippen LogP contribution in [0.5, 0.6) is 0 Å². The number of ketones is 1. The molecule has 14 heavy (non-hydrogen) atoms. The standard InChI is InChI=1S/C10H11Cl2NO/c1-6(13)10(14)5-7-8(11)3-2-4-9(7)12/h2-4,6H,5,13H2,1H3. The van der Waals surface area contributed by atoms with Crippen LogP contribution in [0.3, 0.4) is 0 Å². The summed E-state index contributed by atoms with van der Waals surface area (Å²) in [5.74, 6) is -0.0694. The van der Waals surface area contributed by atoms with Crippen molar-refractivity contribution >= 4 is 29.0 Å². The Morgan fingerprint density at radius 1 is 1.43 bits per heavy atom. The summed E-state index contributed by atoms with van der Waals surface area (Å²) in [6.45, 7) is 1.65. The van der Waals surface area contributed by atoms with Gasteiger partial charge in [-0.05, 0) is 24.6 Å². The van der Waals surface area contributed by atoms with Gasteiger partial charge in [-0.2, -0.15) is 0 Å². The highest BCUT2D eigenvalue weighted by Gasteiger charge is 2.13. The fourth-order valence-electron chi connectivity index (χ4n) is 1.04. The number of carbonyl (C=O) groups is 1. The number of nitrogens with two attached hydrogens (primary N) is 1. The third-order valence-electron chi connectivity index (χ3n) is 1.92. The van der Waals surface area contributed by atoms with Crippen molar-refractivity contribution in [1.82, 2.24) is 0 Å². The molecule has 0 fully saturated rings. The molecule has 2 nitrogen and oxygen atoms in total. The van der Waals surface area contributed by atoms with Crippen LogP contribution in [0.2, 0.25) is 10.0 Å². The Labute approximate surface area is 93.0 Å². The lowest BCUT2D eigenvalue weighted by Gasteiger charge is -2.07. The Bertz CT molecular complexity index is 330. The van der Waals surface area contributed by atoms with Crippen LogP contribution in [0, 0.1) is 0 Å². The first-order valence-corrected chi connectivity index (χ1v) is 4.99. The van der Waals surface area contributed by atoms with Gasteiger partial charge in [-0.25, -0.2) is 0 Å². The van der Waals surface area contributed by atoms with E-state index >= 15 is 0 Å². The molecule has 1 aromatic rings. The van der Waals surface area contributed by atoms with Crippen LogP contribution in [0.4, 0.5) is 0 Å². The van der Waals surface area contributed by atoms with E-state index in [0.717, 1.165) is 0 Å². The largest absolute Gasteiger partial charge is 0.322 e. The fourth-order valence-corrected chi connectivity index (χ4v) is 1.57. The summed E-state index contributed by atoms with van der Waals surface area (Å²) in [7, 11) is 0. The number of carbonyl (C=O) groups excluding carboxylic acids is 1. The van der Waals surface area contributed by atoms with Gasteiger partial charge in [0.15, 0.2) is 5.78 Å². The minimum Gasteiger partial charge on any atom is -0.322 e. The van der Waals surface area contributed by atoms with Gasteiger partial charge in [0.05, 0.1) is 6.04 Å². The van der Waals surface area contributed by atoms with E-state index in [1.807, 2.05) is 0 Å². The van der Waals surface area contributed by atoms with E-state index in [4.69, 9.17) is 28.9 Å². The average molecular weight is 232 g/mol. The van der Waals surface area contributed by atoms with Crippen LogP contribution in [0.15, 0.2) is 18.2 Å². The van der Waals surface area contributed by atoms with E-state index in [1.165, 1.54) is 0 Å². The topological polar surface area (TPSA) is 43.1 Å². The highest BCUT2D eigenvalue weighted by atomic mass is 35.5. The maximum Gasteiger partial charge on any atom is 0.153 e. The predicted octanol–water partition coefficient (Wildman–Crippen LogP) is 2.45.